The molecular formula is C12H13N2P. The summed E-state index contributed by atoms with van der Waals surface area (Å²) in [6, 6.07) is 10.1. The SMILES string of the molecule is CCPc1cccnc1-c1ccccn1. The van der Waals surface area contributed by atoms with Gasteiger partial charge in [-0.1, -0.05) is 27.6 Å². The first-order chi connectivity index (χ1) is 7.42. The molecule has 0 aliphatic carbocycles. The molecule has 0 fully saturated rings. The summed E-state index contributed by atoms with van der Waals surface area (Å²) in [5, 5.41) is 1.30. The van der Waals surface area contributed by atoms with Gasteiger partial charge in [-0.2, -0.15) is 0 Å². The molecule has 0 aliphatic heterocycles. The van der Waals surface area contributed by atoms with Crippen molar-refractivity contribution in [2.24, 2.45) is 0 Å². The average molecular weight is 216 g/mol. The molecule has 0 spiro atoms. The zero-order chi connectivity index (χ0) is 10.5. The van der Waals surface area contributed by atoms with E-state index in [1.807, 2.05) is 36.7 Å². The van der Waals surface area contributed by atoms with Crippen LogP contribution in [-0.4, -0.2) is 16.1 Å². The molecule has 76 valence electrons. The Kier molecular flexibility index (Phi) is 3.41. The predicted molar refractivity (Wildman–Crippen MR) is 66.0 cm³/mol. The Morgan fingerprint density at radius 3 is 2.67 bits per heavy atom. The molecule has 0 N–H and O–H groups in total. The maximum absolute atomic E-state index is 4.41. The third-order valence-electron chi connectivity index (χ3n) is 2.08. The Hall–Kier alpha value is -1.27. The second-order valence-electron chi connectivity index (χ2n) is 3.14. The maximum Gasteiger partial charge on any atom is 0.0960 e. The summed E-state index contributed by atoms with van der Waals surface area (Å²) in [6.45, 7) is 2.19. The fourth-order valence-electron chi connectivity index (χ4n) is 1.45. The number of hydrogen-bond acceptors (Lipinski definition) is 2. The molecule has 2 nitrogen and oxygen atoms in total. The van der Waals surface area contributed by atoms with E-state index in [2.05, 4.69) is 23.0 Å². The highest BCUT2D eigenvalue weighted by molar-refractivity contribution is 7.47. The van der Waals surface area contributed by atoms with Crippen LogP contribution in [0.5, 0.6) is 0 Å². The van der Waals surface area contributed by atoms with Crippen molar-refractivity contribution in [1.29, 1.82) is 0 Å². The predicted octanol–water partition coefficient (Wildman–Crippen LogP) is 2.47. The van der Waals surface area contributed by atoms with Gasteiger partial charge in [0, 0.05) is 17.7 Å². The number of pyridine rings is 2. The van der Waals surface area contributed by atoms with Crippen molar-refractivity contribution < 1.29 is 0 Å². The Morgan fingerprint density at radius 2 is 1.93 bits per heavy atom. The van der Waals surface area contributed by atoms with E-state index in [1.54, 1.807) is 0 Å². The smallest absolute Gasteiger partial charge is 0.0960 e. The molecule has 0 saturated carbocycles. The molecule has 2 aromatic heterocycles. The molecule has 2 heterocycles. The van der Waals surface area contributed by atoms with Gasteiger partial charge in [-0.3, -0.25) is 9.97 Å². The standard InChI is InChI=1S/C12H13N2P/c1-2-15-11-7-5-9-14-12(11)10-6-3-4-8-13-10/h3-9,15H,2H2,1H3. The van der Waals surface area contributed by atoms with E-state index in [9.17, 15) is 0 Å². The van der Waals surface area contributed by atoms with E-state index in [-0.39, 0.29) is 0 Å². The third kappa shape index (κ3) is 2.40. The van der Waals surface area contributed by atoms with Gasteiger partial charge in [0.2, 0.25) is 0 Å². The maximum atomic E-state index is 4.41. The van der Waals surface area contributed by atoms with Gasteiger partial charge in [-0.25, -0.2) is 0 Å². The second-order valence-corrected chi connectivity index (χ2v) is 4.74. The minimum atomic E-state index is 0.809. The Balaban J connectivity index is 2.43. The van der Waals surface area contributed by atoms with Gasteiger partial charge in [-0.05, 0) is 24.4 Å². The van der Waals surface area contributed by atoms with Crippen LogP contribution in [0.1, 0.15) is 6.92 Å². The van der Waals surface area contributed by atoms with Gasteiger partial charge >= 0.3 is 0 Å². The topological polar surface area (TPSA) is 25.8 Å². The summed E-state index contributed by atoms with van der Waals surface area (Å²) >= 11 is 0. The van der Waals surface area contributed by atoms with E-state index in [0.29, 0.717) is 0 Å². The van der Waals surface area contributed by atoms with Crippen molar-refractivity contribution in [2.45, 2.75) is 6.92 Å². The molecule has 0 bridgehead atoms. The van der Waals surface area contributed by atoms with E-state index >= 15 is 0 Å². The minimum Gasteiger partial charge on any atom is -0.255 e. The van der Waals surface area contributed by atoms with Crippen LogP contribution in [0.25, 0.3) is 11.4 Å². The van der Waals surface area contributed by atoms with Crippen LogP contribution in [0.15, 0.2) is 42.7 Å². The van der Waals surface area contributed by atoms with E-state index in [1.165, 1.54) is 5.30 Å². The normalized spacial score (nSPS) is 11.0. The highest BCUT2D eigenvalue weighted by Gasteiger charge is 2.05. The molecule has 3 heteroatoms. The van der Waals surface area contributed by atoms with Crippen LogP contribution in [0, 0.1) is 0 Å². The number of aromatic nitrogens is 2. The van der Waals surface area contributed by atoms with Crippen molar-refractivity contribution in [3.63, 3.8) is 0 Å². The average Bonchev–Trinajstić information content (AvgIpc) is 2.31. The minimum absolute atomic E-state index is 0.809. The van der Waals surface area contributed by atoms with Crippen molar-refractivity contribution in [2.75, 3.05) is 6.16 Å². The van der Waals surface area contributed by atoms with E-state index in [0.717, 1.165) is 26.1 Å². The summed E-state index contributed by atoms with van der Waals surface area (Å²) in [7, 11) is 0.809. The molecule has 1 atom stereocenters. The zero-order valence-corrected chi connectivity index (χ0v) is 9.64. The number of hydrogen-bond donors (Lipinski definition) is 0. The summed E-state index contributed by atoms with van der Waals surface area (Å²) < 4.78 is 0. The van der Waals surface area contributed by atoms with Crippen molar-refractivity contribution in [3.8, 4) is 11.4 Å². The molecule has 2 rings (SSSR count). The quantitative estimate of drug-likeness (QED) is 0.736. The summed E-state index contributed by atoms with van der Waals surface area (Å²) in [5.74, 6) is 0. The highest BCUT2D eigenvalue weighted by atomic mass is 31.1. The number of nitrogens with zero attached hydrogens (tertiary/aromatic N) is 2. The molecule has 0 aliphatic rings. The van der Waals surface area contributed by atoms with Crippen LogP contribution in [0.3, 0.4) is 0 Å². The lowest BCUT2D eigenvalue weighted by Crippen LogP contribution is -2.03. The Morgan fingerprint density at radius 1 is 1.07 bits per heavy atom. The van der Waals surface area contributed by atoms with Crippen LogP contribution in [0.4, 0.5) is 0 Å². The zero-order valence-electron chi connectivity index (χ0n) is 8.64. The lowest BCUT2D eigenvalue weighted by Gasteiger charge is -2.05. The lowest BCUT2D eigenvalue weighted by molar-refractivity contribution is 1.26. The first-order valence-corrected chi connectivity index (χ1v) is 6.23. The Labute approximate surface area is 91.6 Å². The van der Waals surface area contributed by atoms with Gasteiger partial charge < -0.3 is 0 Å². The molecule has 0 radical (unpaired) electrons. The lowest BCUT2D eigenvalue weighted by atomic mass is 10.2. The molecular weight excluding hydrogens is 203 g/mol. The summed E-state index contributed by atoms with van der Waals surface area (Å²) in [4.78, 5) is 8.75. The van der Waals surface area contributed by atoms with Crippen molar-refractivity contribution in [3.05, 3.63) is 42.7 Å². The van der Waals surface area contributed by atoms with Gasteiger partial charge in [0.15, 0.2) is 0 Å². The molecule has 1 unspecified atom stereocenters. The summed E-state index contributed by atoms with van der Waals surface area (Å²) in [6.07, 6.45) is 4.79. The monoisotopic (exact) mass is 216 g/mol. The van der Waals surface area contributed by atoms with Crippen LogP contribution in [-0.2, 0) is 0 Å². The van der Waals surface area contributed by atoms with Gasteiger partial charge in [0.25, 0.3) is 0 Å². The molecule has 0 saturated heterocycles. The van der Waals surface area contributed by atoms with Crippen molar-refractivity contribution in [1.82, 2.24) is 9.97 Å². The van der Waals surface area contributed by atoms with Gasteiger partial charge in [0.1, 0.15) is 0 Å². The van der Waals surface area contributed by atoms with Crippen molar-refractivity contribution >= 4 is 13.9 Å². The first kappa shape index (κ1) is 10.3. The molecule has 0 amide bonds. The summed E-state index contributed by atoms with van der Waals surface area (Å²) in [5.41, 5.74) is 1.99. The fraction of sp³-hybridized carbons (Fsp3) is 0.167. The van der Waals surface area contributed by atoms with E-state index in [4.69, 9.17) is 0 Å². The second kappa shape index (κ2) is 4.99. The third-order valence-corrected chi connectivity index (χ3v) is 3.22. The molecule has 2 aromatic rings. The molecule has 0 aromatic carbocycles. The van der Waals surface area contributed by atoms with Gasteiger partial charge in [-0.15, -0.1) is 0 Å². The number of rotatable bonds is 3. The fourth-order valence-corrected chi connectivity index (χ4v) is 2.40. The van der Waals surface area contributed by atoms with Crippen LogP contribution >= 0.6 is 8.58 Å². The van der Waals surface area contributed by atoms with Crippen LogP contribution in [0.2, 0.25) is 0 Å². The highest BCUT2D eigenvalue weighted by Crippen LogP contribution is 2.18. The van der Waals surface area contributed by atoms with E-state index < -0.39 is 0 Å². The van der Waals surface area contributed by atoms with Gasteiger partial charge in [0.05, 0.1) is 11.4 Å². The van der Waals surface area contributed by atoms with Crippen LogP contribution < -0.4 is 5.30 Å². The largest absolute Gasteiger partial charge is 0.255 e. The Bertz CT molecular complexity index is 429. The molecule has 15 heavy (non-hydrogen) atoms. The first-order valence-electron chi connectivity index (χ1n) is 5.02.